The SMILES string of the molecule is COC(=O)CC(N)C(C)=O.Cl. The Morgan fingerprint density at radius 3 is 2.27 bits per heavy atom. The number of ether oxygens (including phenoxy) is 1. The van der Waals surface area contributed by atoms with E-state index in [0.717, 1.165) is 0 Å². The molecule has 5 heteroatoms. The molecule has 1 atom stereocenters. The van der Waals surface area contributed by atoms with Gasteiger partial charge in [-0.25, -0.2) is 0 Å². The second-order valence-electron chi connectivity index (χ2n) is 2.00. The summed E-state index contributed by atoms with van der Waals surface area (Å²) in [5, 5.41) is 0. The van der Waals surface area contributed by atoms with Crippen molar-refractivity contribution in [3.63, 3.8) is 0 Å². The summed E-state index contributed by atoms with van der Waals surface area (Å²) in [6, 6.07) is -0.715. The highest BCUT2D eigenvalue weighted by atomic mass is 35.5. The molecule has 0 aliphatic heterocycles. The lowest BCUT2D eigenvalue weighted by Gasteiger charge is -2.03. The molecule has 0 bridgehead atoms. The number of halogens is 1. The zero-order valence-electron chi connectivity index (χ0n) is 6.49. The van der Waals surface area contributed by atoms with Gasteiger partial charge in [0.2, 0.25) is 0 Å². The monoisotopic (exact) mass is 181 g/mol. The van der Waals surface area contributed by atoms with Crippen molar-refractivity contribution in [1.82, 2.24) is 0 Å². The number of carbonyl (C=O) groups excluding carboxylic acids is 2. The molecule has 0 fully saturated rings. The van der Waals surface area contributed by atoms with Crippen molar-refractivity contribution in [3.05, 3.63) is 0 Å². The highest BCUT2D eigenvalue weighted by Gasteiger charge is 2.12. The number of methoxy groups -OCH3 is 1. The van der Waals surface area contributed by atoms with E-state index in [9.17, 15) is 9.59 Å². The van der Waals surface area contributed by atoms with Gasteiger partial charge in [0.05, 0.1) is 19.6 Å². The van der Waals surface area contributed by atoms with Crippen LogP contribution < -0.4 is 5.73 Å². The minimum atomic E-state index is -0.715. The van der Waals surface area contributed by atoms with Crippen LogP contribution in [0.15, 0.2) is 0 Å². The van der Waals surface area contributed by atoms with Crippen LogP contribution in [-0.4, -0.2) is 24.9 Å². The van der Waals surface area contributed by atoms with Gasteiger partial charge in [0.25, 0.3) is 0 Å². The molecule has 1 unspecified atom stereocenters. The Balaban J connectivity index is 0. The fourth-order valence-electron chi connectivity index (χ4n) is 0.407. The third-order valence-corrected chi connectivity index (χ3v) is 1.14. The lowest BCUT2D eigenvalue weighted by Crippen LogP contribution is -2.31. The number of rotatable bonds is 3. The Labute approximate surface area is 71.5 Å². The van der Waals surface area contributed by atoms with Gasteiger partial charge in [-0.15, -0.1) is 12.4 Å². The molecule has 0 radical (unpaired) electrons. The second-order valence-corrected chi connectivity index (χ2v) is 2.00. The molecule has 0 aromatic rings. The normalized spacial score (nSPS) is 11.2. The highest BCUT2D eigenvalue weighted by Crippen LogP contribution is 1.91. The Morgan fingerprint density at radius 2 is 2.00 bits per heavy atom. The Morgan fingerprint density at radius 1 is 1.55 bits per heavy atom. The van der Waals surface area contributed by atoms with Crippen LogP contribution in [0.1, 0.15) is 13.3 Å². The van der Waals surface area contributed by atoms with Gasteiger partial charge in [-0.05, 0) is 6.92 Å². The first kappa shape index (κ1) is 13.0. The smallest absolute Gasteiger partial charge is 0.307 e. The van der Waals surface area contributed by atoms with Crippen molar-refractivity contribution in [2.24, 2.45) is 5.73 Å². The molecule has 0 saturated heterocycles. The molecule has 0 saturated carbocycles. The zero-order valence-corrected chi connectivity index (χ0v) is 7.31. The number of nitrogens with two attached hydrogens (primary N) is 1. The number of esters is 1. The third-order valence-electron chi connectivity index (χ3n) is 1.14. The molecule has 2 N–H and O–H groups in total. The number of hydrogen-bond donors (Lipinski definition) is 1. The van der Waals surface area contributed by atoms with Gasteiger partial charge in [0.15, 0.2) is 0 Å². The molecule has 11 heavy (non-hydrogen) atoms. The lowest BCUT2D eigenvalue weighted by molar-refractivity contribution is -0.142. The first-order valence-corrected chi connectivity index (χ1v) is 2.90. The molecule has 66 valence electrons. The molecule has 0 amide bonds. The fraction of sp³-hybridized carbons (Fsp3) is 0.667. The van der Waals surface area contributed by atoms with Gasteiger partial charge in [0, 0.05) is 0 Å². The van der Waals surface area contributed by atoms with Crippen molar-refractivity contribution in [2.45, 2.75) is 19.4 Å². The summed E-state index contributed by atoms with van der Waals surface area (Å²) in [6.07, 6.45) is -0.0359. The van der Waals surface area contributed by atoms with E-state index in [0.29, 0.717) is 0 Å². The Bertz CT molecular complexity index is 149. The van der Waals surface area contributed by atoms with Crippen LogP contribution in [0, 0.1) is 0 Å². The van der Waals surface area contributed by atoms with E-state index in [1.807, 2.05) is 0 Å². The summed E-state index contributed by atoms with van der Waals surface area (Å²) in [5.74, 6) is -0.659. The molecule has 0 rings (SSSR count). The molecular formula is C6H12ClNO3. The second kappa shape index (κ2) is 6.12. The van der Waals surface area contributed by atoms with Gasteiger partial charge < -0.3 is 10.5 Å². The lowest BCUT2D eigenvalue weighted by atomic mass is 10.1. The molecule has 0 aromatic heterocycles. The van der Waals surface area contributed by atoms with Crippen LogP contribution in [0.25, 0.3) is 0 Å². The predicted molar refractivity (Wildman–Crippen MR) is 42.5 cm³/mol. The van der Waals surface area contributed by atoms with E-state index in [1.165, 1.54) is 14.0 Å². The molecule has 4 nitrogen and oxygen atoms in total. The van der Waals surface area contributed by atoms with Crippen molar-refractivity contribution in [3.8, 4) is 0 Å². The van der Waals surface area contributed by atoms with Crippen molar-refractivity contribution >= 4 is 24.2 Å². The van der Waals surface area contributed by atoms with Crippen molar-refractivity contribution in [2.75, 3.05) is 7.11 Å². The minimum Gasteiger partial charge on any atom is -0.469 e. The quantitative estimate of drug-likeness (QED) is 0.617. The van der Waals surface area contributed by atoms with Crippen LogP contribution in [0.2, 0.25) is 0 Å². The Kier molecular flexibility index (Phi) is 7.24. The topological polar surface area (TPSA) is 69.4 Å². The average Bonchev–Trinajstić information content (AvgIpc) is 1.87. The van der Waals surface area contributed by atoms with Crippen LogP contribution >= 0.6 is 12.4 Å². The first-order valence-electron chi connectivity index (χ1n) is 2.90. The summed E-state index contributed by atoms with van der Waals surface area (Å²) in [6.45, 7) is 1.34. The summed E-state index contributed by atoms with van der Waals surface area (Å²) in [7, 11) is 1.26. The van der Waals surface area contributed by atoms with E-state index < -0.39 is 12.0 Å². The minimum absolute atomic E-state index is 0. The Hall–Kier alpha value is -0.610. The maximum absolute atomic E-state index is 10.5. The van der Waals surface area contributed by atoms with Crippen LogP contribution in [0.5, 0.6) is 0 Å². The zero-order chi connectivity index (χ0) is 8.15. The standard InChI is InChI=1S/C6H11NO3.ClH/c1-4(8)5(7)3-6(9)10-2;/h5H,3,7H2,1-2H3;1H. The summed E-state index contributed by atoms with van der Waals surface area (Å²) in [4.78, 5) is 20.9. The van der Waals surface area contributed by atoms with E-state index in [-0.39, 0.29) is 24.6 Å². The molecule has 0 heterocycles. The number of carbonyl (C=O) groups is 2. The van der Waals surface area contributed by atoms with Crippen molar-refractivity contribution < 1.29 is 14.3 Å². The number of Topliss-reactive ketones (excluding diaryl/α,β-unsaturated/α-hetero) is 1. The molecular weight excluding hydrogens is 170 g/mol. The summed E-state index contributed by atoms with van der Waals surface area (Å²) >= 11 is 0. The maximum Gasteiger partial charge on any atom is 0.307 e. The van der Waals surface area contributed by atoms with E-state index in [1.54, 1.807) is 0 Å². The van der Waals surface area contributed by atoms with Gasteiger partial charge in [0.1, 0.15) is 5.78 Å². The fourth-order valence-corrected chi connectivity index (χ4v) is 0.407. The third kappa shape index (κ3) is 5.82. The number of hydrogen-bond acceptors (Lipinski definition) is 4. The molecule has 0 spiro atoms. The summed E-state index contributed by atoms with van der Waals surface area (Å²) < 4.78 is 4.30. The number of ketones is 1. The van der Waals surface area contributed by atoms with Gasteiger partial charge in [-0.2, -0.15) is 0 Å². The largest absolute Gasteiger partial charge is 0.469 e. The van der Waals surface area contributed by atoms with E-state index in [2.05, 4.69) is 4.74 Å². The molecule has 0 aromatic carbocycles. The first-order chi connectivity index (χ1) is 4.57. The predicted octanol–water partition coefficient (Wildman–Crippen LogP) is -0.112. The van der Waals surface area contributed by atoms with E-state index >= 15 is 0 Å². The summed E-state index contributed by atoms with van der Waals surface area (Å²) in [5.41, 5.74) is 5.24. The van der Waals surface area contributed by atoms with Crippen LogP contribution in [0.3, 0.4) is 0 Å². The van der Waals surface area contributed by atoms with Gasteiger partial charge in [-0.3, -0.25) is 9.59 Å². The van der Waals surface area contributed by atoms with Crippen molar-refractivity contribution in [1.29, 1.82) is 0 Å². The average molecular weight is 182 g/mol. The van der Waals surface area contributed by atoms with Crippen LogP contribution in [0.4, 0.5) is 0 Å². The maximum atomic E-state index is 10.5. The molecule has 0 aliphatic rings. The van der Waals surface area contributed by atoms with Crippen LogP contribution in [-0.2, 0) is 14.3 Å². The highest BCUT2D eigenvalue weighted by molar-refractivity contribution is 5.86. The van der Waals surface area contributed by atoms with Gasteiger partial charge >= 0.3 is 5.97 Å². The van der Waals surface area contributed by atoms with Gasteiger partial charge in [-0.1, -0.05) is 0 Å². The molecule has 0 aliphatic carbocycles. The van der Waals surface area contributed by atoms with E-state index in [4.69, 9.17) is 5.73 Å².